The Labute approximate surface area is 116 Å². The maximum absolute atomic E-state index is 12.0. The van der Waals surface area contributed by atoms with Gasteiger partial charge in [0.2, 0.25) is 0 Å². The zero-order valence-electron chi connectivity index (χ0n) is 10.5. The molecule has 1 aliphatic rings. The predicted octanol–water partition coefficient (Wildman–Crippen LogP) is 4.75. The third-order valence-corrected chi connectivity index (χ3v) is 4.53. The minimum absolute atomic E-state index is 0.111. The summed E-state index contributed by atoms with van der Waals surface area (Å²) in [4.78, 5) is 14.1. The quantitative estimate of drug-likeness (QED) is 0.729. The van der Waals surface area contributed by atoms with E-state index in [2.05, 4.69) is 13.5 Å². The Morgan fingerprint density at radius 2 is 2.28 bits per heavy atom. The highest BCUT2D eigenvalue weighted by Crippen LogP contribution is 2.40. The van der Waals surface area contributed by atoms with Crippen molar-refractivity contribution in [3.63, 3.8) is 0 Å². The van der Waals surface area contributed by atoms with Gasteiger partial charge in [-0.1, -0.05) is 43.3 Å². The number of aryl methyl sites for hydroxylation is 1. The number of ketones is 1. The Morgan fingerprint density at radius 1 is 1.56 bits per heavy atom. The second-order valence-corrected chi connectivity index (χ2v) is 5.93. The maximum atomic E-state index is 12.0. The Hall–Kier alpha value is -1.12. The summed E-state index contributed by atoms with van der Waals surface area (Å²) in [5.74, 6) is 0.390. The third kappa shape index (κ3) is 2.11. The van der Waals surface area contributed by atoms with Gasteiger partial charge in [0.15, 0.2) is 5.78 Å². The number of carbonyl (C=O) groups excluding carboxylic acids is 1. The molecular formula is C15H15ClOS. The van der Waals surface area contributed by atoms with Crippen LogP contribution in [0, 0.1) is 12.8 Å². The van der Waals surface area contributed by atoms with Gasteiger partial charge in [-0.3, -0.25) is 4.79 Å². The maximum Gasteiger partial charge on any atom is 0.176 e. The highest BCUT2D eigenvalue weighted by molar-refractivity contribution is 7.14. The molecule has 1 aromatic rings. The van der Waals surface area contributed by atoms with Crippen LogP contribution in [0.15, 0.2) is 30.3 Å². The fourth-order valence-corrected chi connectivity index (χ4v) is 3.71. The minimum Gasteiger partial charge on any atom is -0.293 e. The van der Waals surface area contributed by atoms with Crippen molar-refractivity contribution in [1.29, 1.82) is 0 Å². The highest BCUT2D eigenvalue weighted by Gasteiger charge is 2.32. The molecule has 0 radical (unpaired) electrons. The number of fused-ring (bicyclic) bond motifs is 1. The number of thiophene rings is 1. The summed E-state index contributed by atoms with van der Waals surface area (Å²) in [5.41, 5.74) is 4.85. The standard InChI is InChI=1S/C15H15ClOS/c1-4-11(6-5-7-16)13-10(3)18-15-12(13)8-9(2)14(15)17/h4-7,9H,1,8H2,2-3H3/b7-5+,11-6+. The van der Waals surface area contributed by atoms with Crippen LogP contribution < -0.4 is 0 Å². The van der Waals surface area contributed by atoms with Gasteiger partial charge in [-0.2, -0.15) is 0 Å². The van der Waals surface area contributed by atoms with Crippen LogP contribution >= 0.6 is 22.9 Å². The zero-order chi connectivity index (χ0) is 13.3. The zero-order valence-corrected chi connectivity index (χ0v) is 12.1. The van der Waals surface area contributed by atoms with Crippen molar-refractivity contribution in [2.45, 2.75) is 20.3 Å². The number of hydrogen-bond acceptors (Lipinski definition) is 2. The van der Waals surface area contributed by atoms with Crippen LogP contribution in [-0.4, -0.2) is 5.78 Å². The van der Waals surface area contributed by atoms with E-state index in [1.54, 1.807) is 17.4 Å². The fraction of sp³-hybridized carbons (Fsp3) is 0.267. The molecule has 1 unspecified atom stereocenters. The van der Waals surface area contributed by atoms with E-state index >= 15 is 0 Å². The average molecular weight is 279 g/mol. The Morgan fingerprint density at radius 3 is 2.89 bits per heavy atom. The van der Waals surface area contributed by atoms with Gasteiger partial charge in [0, 0.05) is 16.3 Å². The molecule has 0 aliphatic heterocycles. The molecule has 0 bridgehead atoms. The number of carbonyl (C=O) groups is 1. The molecular weight excluding hydrogens is 264 g/mol. The molecule has 0 fully saturated rings. The van der Waals surface area contributed by atoms with Crippen LogP contribution in [0.2, 0.25) is 0 Å². The average Bonchev–Trinajstić information content (AvgIpc) is 2.80. The lowest BCUT2D eigenvalue weighted by Crippen LogP contribution is -2.02. The van der Waals surface area contributed by atoms with Gasteiger partial charge in [0.1, 0.15) is 0 Å². The lowest BCUT2D eigenvalue weighted by molar-refractivity contribution is 0.0949. The summed E-state index contributed by atoms with van der Waals surface area (Å²) < 4.78 is 0. The van der Waals surface area contributed by atoms with Crippen molar-refractivity contribution in [3.8, 4) is 0 Å². The largest absolute Gasteiger partial charge is 0.293 e. The Balaban J connectivity index is 2.56. The molecule has 0 amide bonds. The van der Waals surface area contributed by atoms with Crippen molar-refractivity contribution in [3.05, 3.63) is 51.2 Å². The molecule has 3 heteroatoms. The number of rotatable bonds is 3. The molecule has 1 heterocycles. The summed E-state index contributed by atoms with van der Waals surface area (Å²) in [6.07, 6.45) is 6.37. The van der Waals surface area contributed by atoms with Crippen LogP contribution in [-0.2, 0) is 6.42 Å². The van der Waals surface area contributed by atoms with Crippen molar-refractivity contribution < 1.29 is 4.79 Å². The van der Waals surface area contributed by atoms with Crippen LogP contribution in [0.25, 0.3) is 5.57 Å². The monoisotopic (exact) mass is 278 g/mol. The molecule has 0 spiro atoms. The van der Waals surface area contributed by atoms with Gasteiger partial charge in [-0.25, -0.2) is 0 Å². The molecule has 0 N–H and O–H groups in total. The molecule has 0 aromatic carbocycles. The number of halogens is 1. The summed E-state index contributed by atoms with van der Waals surface area (Å²) in [7, 11) is 0. The molecule has 2 rings (SSSR count). The Kier molecular flexibility index (Phi) is 3.88. The number of allylic oxidation sites excluding steroid dienone is 4. The summed E-state index contributed by atoms with van der Waals surface area (Å²) >= 11 is 7.15. The first kappa shape index (κ1) is 13.3. The highest BCUT2D eigenvalue weighted by atomic mass is 35.5. The van der Waals surface area contributed by atoms with E-state index in [1.807, 2.05) is 19.1 Å². The molecule has 1 nitrogen and oxygen atoms in total. The van der Waals surface area contributed by atoms with E-state index in [1.165, 1.54) is 16.0 Å². The number of hydrogen-bond donors (Lipinski definition) is 0. The van der Waals surface area contributed by atoms with Gasteiger partial charge in [0.05, 0.1) is 4.88 Å². The molecule has 1 aromatic heterocycles. The first-order chi connectivity index (χ1) is 8.60. The third-order valence-electron chi connectivity index (χ3n) is 3.22. The normalized spacial score (nSPS) is 19.6. The van der Waals surface area contributed by atoms with Crippen molar-refractivity contribution in [2.75, 3.05) is 0 Å². The van der Waals surface area contributed by atoms with Crippen LogP contribution in [0.4, 0.5) is 0 Å². The SMILES string of the molecule is C=C/C(=C\C=C\Cl)c1c(C)sc2c1CC(C)C2=O. The second kappa shape index (κ2) is 5.25. The van der Waals surface area contributed by atoms with Crippen molar-refractivity contribution in [1.82, 2.24) is 0 Å². The first-order valence-corrected chi connectivity index (χ1v) is 7.11. The van der Waals surface area contributed by atoms with Crippen LogP contribution in [0.5, 0.6) is 0 Å². The van der Waals surface area contributed by atoms with Gasteiger partial charge in [0.25, 0.3) is 0 Å². The van der Waals surface area contributed by atoms with Crippen LogP contribution in [0.1, 0.15) is 32.6 Å². The smallest absolute Gasteiger partial charge is 0.176 e. The lowest BCUT2D eigenvalue weighted by atomic mass is 9.99. The minimum atomic E-state index is 0.111. The molecule has 1 aliphatic carbocycles. The van der Waals surface area contributed by atoms with Gasteiger partial charge >= 0.3 is 0 Å². The summed E-state index contributed by atoms with van der Waals surface area (Å²) in [6.45, 7) is 7.89. The second-order valence-electron chi connectivity index (χ2n) is 4.45. The molecule has 18 heavy (non-hydrogen) atoms. The summed E-state index contributed by atoms with van der Waals surface area (Å²) in [5, 5.41) is 0. The topological polar surface area (TPSA) is 17.1 Å². The van der Waals surface area contributed by atoms with E-state index < -0.39 is 0 Å². The summed E-state index contributed by atoms with van der Waals surface area (Å²) in [6, 6.07) is 0. The van der Waals surface area contributed by atoms with Crippen molar-refractivity contribution >= 4 is 34.3 Å². The van der Waals surface area contributed by atoms with Crippen LogP contribution in [0.3, 0.4) is 0 Å². The van der Waals surface area contributed by atoms with E-state index in [-0.39, 0.29) is 11.7 Å². The van der Waals surface area contributed by atoms with Gasteiger partial charge in [-0.15, -0.1) is 11.3 Å². The van der Waals surface area contributed by atoms with Crippen molar-refractivity contribution in [2.24, 2.45) is 5.92 Å². The van der Waals surface area contributed by atoms with E-state index in [4.69, 9.17) is 11.6 Å². The molecule has 94 valence electrons. The molecule has 0 saturated carbocycles. The van der Waals surface area contributed by atoms with Gasteiger partial charge in [-0.05, 0) is 30.0 Å². The molecule has 0 saturated heterocycles. The van der Waals surface area contributed by atoms with E-state index in [9.17, 15) is 4.79 Å². The fourth-order valence-electron chi connectivity index (χ4n) is 2.38. The number of Topliss-reactive ketones (excluding diaryl/α,β-unsaturated/α-hetero) is 1. The first-order valence-electron chi connectivity index (χ1n) is 5.86. The predicted molar refractivity (Wildman–Crippen MR) is 79.4 cm³/mol. The molecule has 1 atom stereocenters. The van der Waals surface area contributed by atoms with E-state index in [0.29, 0.717) is 0 Å². The lowest BCUT2D eigenvalue weighted by Gasteiger charge is -2.05. The Bertz CT molecular complexity index is 563. The van der Waals surface area contributed by atoms with E-state index in [0.717, 1.165) is 22.4 Å². The van der Waals surface area contributed by atoms with Gasteiger partial charge < -0.3 is 0 Å².